The molecule has 0 fully saturated rings. The van der Waals surface area contributed by atoms with Crippen LogP contribution >= 0.6 is 12.4 Å². The Morgan fingerprint density at radius 3 is 2.29 bits per heavy atom. The van der Waals surface area contributed by atoms with E-state index in [9.17, 15) is 4.79 Å². The summed E-state index contributed by atoms with van der Waals surface area (Å²) in [5.74, 6) is 0.638. The SMILES string of the molecule is CC(C)(C)c1cc(NC(=O)Cc2ccc(N)cc2)n(Cc2ccccc2)n1.Cl. The van der Waals surface area contributed by atoms with E-state index in [1.54, 1.807) is 12.1 Å². The normalized spacial score (nSPS) is 11.0. The van der Waals surface area contributed by atoms with Crippen LogP contribution in [0.15, 0.2) is 60.7 Å². The van der Waals surface area contributed by atoms with Crippen LogP contribution in [0, 0.1) is 0 Å². The lowest BCUT2D eigenvalue weighted by molar-refractivity contribution is -0.115. The first kappa shape index (κ1) is 21.5. The number of nitrogens with one attached hydrogen (secondary N) is 1. The van der Waals surface area contributed by atoms with Crippen LogP contribution in [0.1, 0.15) is 37.6 Å². The van der Waals surface area contributed by atoms with Crippen molar-refractivity contribution in [3.63, 3.8) is 0 Å². The highest BCUT2D eigenvalue weighted by Crippen LogP contribution is 2.25. The maximum absolute atomic E-state index is 12.5. The average molecular weight is 399 g/mol. The molecule has 28 heavy (non-hydrogen) atoms. The van der Waals surface area contributed by atoms with Gasteiger partial charge < -0.3 is 11.1 Å². The van der Waals surface area contributed by atoms with Crippen molar-refractivity contribution >= 4 is 29.8 Å². The predicted molar refractivity (Wildman–Crippen MR) is 117 cm³/mol. The molecule has 0 aliphatic heterocycles. The first-order valence-corrected chi connectivity index (χ1v) is 9.08. The third-order valence-corrected chi connectivity index (χ3v) is 4.34. The Morgan fingerprint density at radius 1 is 1.04 bits per heavy atom. The van der Waals surface area contributed by atoms with Crippen molar-refractivity contribution in [3.05, 3.63) is 77.5 Å². The minimum absolute atomic E-state index is 0. The summed E-state index contributed by atoms with van der Waals surface area (Å²) in [6, 6.07) is 19.4. The van der Waals surface area contributed by atoms with Crippen molar-refractivity contribution in [2.24, 2.45) is 0 Å². The number of aromatic nitrogens is 2. The van der Waals surface area contributed by atoms with E-state index in [1.807, 2.05) is 41.1 Å². The van der Waals surface area contributed by atoms with Crippen molar-refractivity contribution in [2.45, 2.75) is 39.2 Å². The molecule has 1 heterocycles. The summed E-state index contributed by atoms with van der Waals surface area (Å²) in [7, 11) is 0. The number of benzene rings is 2. The number of amides is 1. The number of carbonyl (C=O) groups is 1. The molecule has 0 unspecified atom stereocenters. The maximum Gasteiger partial charge on any atom is 0.229 e. The highest BCUT2D eigenvalue weighted by atomic mass is 35.5. The molecule has 3 aromatic rings. The third kappa shape index (κ3) is 5.60. The van der Waals surface area contributed by atoms with E-state index in [0.29, 0.717) is 24.5 Å². The minimum Gasteiger partial charge on any atom is -0.399 e. The van der Waals surface area contributed by atoms with Gasteiger partial charge in [-0.15, -0.1) is 12.4 Å². The molecule has 5 nitrogen and oxygen atoms in total. The van der Waals surface area contributed by atoms with E-state index in [4.69, 9.17) is 10.8 Å². The fourth-order valence-corrected chi connectivity index (χ4v) is 2.77. The summed E-state index contributed by atoms with van der Waals surface area (Å²) >= 11 is 0. The van der Waals surface area contributed by atoms with Crippen molar-refractivity contribution in [1.29, 1.82) is 0 Å². The average Bonchev–Trinajstić information content (AvgIpc) is 3.01. The molecule has 1 amide bonds. The number of carbonyl (C=O) groups excluding carboxylic acids is 1. The van der Waals surface area contributed by atoms with Crippen LogP contribution in [0.4, 0.5) is 11.5 Å². The van der Waals surface area contributed by atoms with Gasteiger partial charge in [-0.25, -0.2) is 4.68 Å². The van der Waals surface area contributed by atoms with Crippen LogP contribution in [0.5, 0.6) is 0 Å². The predicted octanol–water partition coefficient (Wildman–Crippen LogP) is 4.41. The fourth-order valence-electron chi connectivity index (χ4n) is 2.77. The van der Waals surface area contributed by atoms with Crippen LogP contribution in [0.2, 0.25) is 0 Å². The highest BCUT2D eigenvalue weighted by molar-refractivity contribution is 5.91. The van der Waals surface area contributed by atoms with E-state index in [0.717, 1.165) is 16.8 Å². The van der Waals surface area contributed by atoms with E-state index in [1.165, 1.54) is 0 Å². The molecule has 3 rings (SSSR count). The zero-order valence-corrected chi connectivity index (χ0v) is 17.3. The molecule has 6 heteroatoms. The van der Waals surface area contributed by atoms with Crippen molar-refractivity contribution in [1.82, 2.24) is 9.78 Å². The molecule has 0 saturated carbocycles. The van der Waals surface area contributed by atoms with E-state index < -0.39 is 0 Å². The molecule has 1 aromatic heterocycles. The molecular formula is C22H27ClN4O. The molecular weight excluding hydrogens is 372 g/mol. The topological polar surface area (TPSA) is 72.9 Å². The molecule has 0 bridgehead atoms. The molecule has 3 N–H and O–H groups in total. The molecule has 0 radical (unpaired) electrons. The monoisotopic (exact) mass is 398 g/mol. The van der Waals surface area contributed by atoms with Crippen LogP contribution in [0.3, 0.4) is 0 Å². The minimum atomic E-state index is -0.0988. The smallest absolute Gasteiger partial charge is 0.229 e. The number of rotatable bonds is 5. The Kier molecular flexibility index (Phi) is 6.86. The summed E-state index contributed by atoms with van der Waals surface area (Å²) in [6.45, 7) is 6.95. The Bertz CT molecular complexity index is 912. The molecule has 0 aliphatic carbocycles. The van der Waals surface area contributed by atoms with E-state index >= 15 is 0 Å². The van der Waals surface area contributed by atoms with Gasteiger partial charge in [0.05, 0.1) is 18.7 Å². The summed E-state index contributed by atoms with van der Waals surface area (Å²) < 4.78 is 1.86. The van der Waals surface area contributed by atoms with E-state index in [2.05, 4.69) is 38.2 Å². The summed E-state index contributed by atoms with van der Waals surface area (Å²) in [4.78, 5) is 12.5. The lowest BCUT2D eigenvalue weighted by atomic mass is 9.92. The Labute approximate surface area is 172 Å². The van der Waals surface area contributed by atoms with Crippen LogP contribution < -0.4 is 11.1 Å². The van der Waals surface area contributed by atoms with E-state index in [-0.39, 0.29) is 23.7 Å². The lowest BCUT2D eigenvalue weighted by Gasteiger charge is -2.14. The standard InChI is InChI=1S/C22H26N4O.ClH/c1-22(2,3)19-14-20(26(25-19)15-17-7-5-4-6-8-17)24-21(27)13-16-9-11-18(23)12-10-16;/h4-12,14H,13,15,23H2,1-3H3,(H,24,27);1H. The summed E-state index contributed by atoms with van der Waals surface area (Å²) in [6.07, 6.45) is 0.293. The van der Waals surface area contributed by atoms with Crippen LogP contribution in [0.25, 0.3) is 0 Å². The van der Waals surface area contributed by atoms with Gasteiger partial charge in [0, 0.05) is 17.2 Å². The second kappa shape index (κ2) is 8.93. The number of nitrogens with two attached hydrogens (primary N) is 1. The first-order valence-electron chi connectivity index (χ1n) is 9.08. The number of anilines is 2. The lowest BCUT2D eigenvalue weighted by Crippen LogP contribution is -2.18. The fraction of sp³-hybridized carbons (Fsp3) is 0.273. The van der Waals surface area contributed by atoms with Crippen LogP contribution in [-0.2, 0) is 23.2 Å². The van der Waals surface area contributed by atoms with Crippen molar-refractivity contribution in [2.75, 3.05) is 11.1 Å². The number of hydrogen-bond donors (Lipinski definition) is 2. The molecule has 0 aliphatic rings. The van der Waals surface area contributed by atoms with Gasteiger partial charge in [0.15, 0.2) is 0 Å². The molecule has 148 valence electrons. The Balaban J connectivity index is 0.00000280. The molecule has 0 spiro atoms. The number of halogens is 1. The zero-order valence-electron chi connectivity index (χ0n) is 16.5. The van der Waals surface area contributed by atoms with Gasteiger partial charge in [-0.3, -0.25) is 4.79 Å². The van der Waals surface area contributed by atoms with Gasteiger partial charge in [-0.05, 0) is 23.3 Å². The quantitative estimate of drug-likeness (QED) is 0.625. The largest absolute Gasteiger partial charge is 0.399 e. The second-order valence-corrected chi connectivity index (χ2v) is 7.77. The van der Waals surface area contributed by atoms with Gasteiger partial charge in [0.1, 0.15) is 5.82 Å². The number of hydrogen-bond acceptors (Lipinski definition) is 3. The highest BCUT2D eigenvalue weighted by Gasteiger charge is 2.21. The Hall–Kier alpha value is -2.79. The molecule has 0 atom stereocenters. The molecule has 0 saturated heterocycles. The number of nitrogen functional groups attached to an aromatic ring is 1. The summed E-state index contributed by atoms with van der Waals surface area (Å²) in [5, 5.41) is 7.75. The van der Waals surface area contributed by atoms with Crippen LogP contribution in [-0.4, -0.2) is 15.7 Å². The maximum atomic E-state index is 12.5. The first-order chi connectivity index (χ1) is 12.8. The summed E-state index contributed by atoms with van der Waals surface area (Å²) in [5.41, 5.74) is 9.30. The van der Waals surface area contributed by atoms with Gasteiger partial charge in [-0.2, -0.15) is 5.10 Å². The van der Waals surface area contributed by atoms with Crippen molar-refractivity contribution in [3.8, 4) is 0 Å². The second-order valence-electron chi connectivity index (χ2n) is 7.77. The zero-order chi connectivity index (χ0) is 19.4. The molecule has 2 aromatic carbocycles. The Morgan fingerprint density at radius 2 is 1.68 bits per heavy atom. The van der Waals surface area contributed by atoms with Gasteiger partial charge >= 0.3 is 0 Å². The number of nitrogens with zero attached hydrogens (tertiary/aromatic N) is 2. The van der Waals surface area contributed by atoms with Gasteiger partial charge in [0.2, 0.25) is 5.91 Å². The third-order valence-electron chi connectivity index (χ3n) is 4.34. The van der Waals surface area contributed by atoms with Gasteiger partial charge in [0.25, 0.3) is 0 Å². The van der Waals surface area contributed by atoms with Crippen molar-refractivity contribution < 1.29 is 4.79 Å². The van der Waals surface area contributed by atoms with Gasteiger partial charge in [-0.1, -0.05) is 63.2 Å².